The van der Waals surface area contributed by atoms with E-state index in [0.29, 0.717) is 28.8 Å². The van der Waals surface area contributed by atoms with Crippen molar-refractivity contribution in [1.82, 2.24) is 14.9 Å². The van der Waals surface area contributed by atoms with Gasteiger partial charge in [-0.3, -0.25) is 14.5 Å². The third kappa shape index (κ3) is 2.95. The topological polar surface area (TPSA) is 63.2 Å². The Bertz CT molecular complexity index is 444. The predicted molar refractivity (Wildman–Crippen MR) is 64.8 cm³/mol. The zero-order chi connectivity index (χ0) is 12.4. The maximum absolute atomic E-state index is 11.6. The second-order valence-corrected chi connectivity index (χ2v) is 5.03. The monoisotopic (exact) mass is 271 g/mol. The molecule has 2 heterocycles. The van der Waals surface area contributed by atoms with Gasteiger partial charge in [0.05, 0.1) is 6.54 Å². The van der Waals surface area contributed by atoms with Crippen molar-refractivity contribution in [2.24, 2.45) is 0 Å². The van der Waals surface area contributed by atoms with Crippen LogP contribution in [0, 0.1) is 6.92 Å². The highest BCUT2D eigenvalue weighted by Crippen LogP contribution is 2.20. The van der Waals surface area contributed by atoms with E-state index < -0.39 is 0 Å². The molecule has 0 aliphatic carbocycles. The van der Waals surface area contributed by atoms with E-state index in [2.05, 4.69) is 9.97 Å². The van der Waals surface area contributed by atoms with Gasteiger partial charge in [-0.1, -0.05) is 23.4 Å². The van der Waals surface area contributed by atoms with Gasteiger partial charge < -0.3 is 0 Å². The first-order valence-corrected chi connectivity index (χ1v) is 6.40. The van der Waals surface area contributed by atoms with E-state index in [9.17, 15) is 9.59 Å². The molecule has 1 aromatic rings. The average molecular weight is 272 g/mol. The lowest BCUT2D eigenvalue weighted by Gasteiger charge is -2.23. The van der Waals surface area contributed by atoms with Gasteiger partial charge in [0.25, 0.3) is 5.24 Å². The average Bonchev–Trinajstić information content (AvgIpc) is 2.22. The fourth-order valence-electron chi connectivity index (χ4n) is 1.49. The van der Waals surface area contributed by atoms with Crippen LogP contribution in [0.3, 0.4) is 0 Å². The van der Waals surface area contributed by atoms with E-state index >= 15 is 0 Å². The van der Waals surface area contributed by atoms with Crippen molar-refractivity contribution in [2.75, 3.05) is 5.75 Å². The van der Waals surface area contributed by atoms with Gasteiger partial charge in [-0.05, 0) is 13.0 Å². The van der Waals surface area contributed by atoms with Crippen LogP contribution in [0.25, 0.3) is 0 Å². The summed E-state index contributed by atoms with van der Waals surface area (Å²) in [6.45, 7) is 1.87. The number of carbonyl (C=O) groups is 2. The molecule has 0 saturated carbocycles. The number of hydrogen-bond donors (Lipinski definition) is 0. The number of hydrogen-bond acceptors (Lipinski definition) is 5. The Morgan fingerprint density at radius 1 is 1.47 bits per heavy atom. The van der Waals surface area contributed by atoms with Gasteiger partial charge in [0.1, 0.15) is 11.0 Å². The number of aromatic nitrogens is 2. The standard InChI is InChI=1S/C10H10ClN3O2S/c1-6-4-7(11)13-8(12-6)5-14-9(15)2-3-17-10(14)16/h4H,2-3,5H2,1H3. The highest BCUT2D eigenvalue weighted by molar-refractivity contribution is 8.13. The Balaban J connectivity index is 2.19. The number of aryl methyl sites for hydroxylation is 1. The molecule has 2 rings (SSSR count). The van der Waals surface area contributed by atoms with Crippen LogP contribution in [0.1, 0.15) is 17.9 Å². The molecule has 17 heavy (non-hydrogen) atoms. The summed E-state index contributed by atoms with van der Waals surface area (Å²) in [6.07, 6.45) is 0.371. The van der Waals surface area contributed by atoms with E-state index in [-0.39, 0.29) is 17.7 Å². The quantitative estimate of drug-likeness (QED) is 0.770. The lowest BCUT2D eigenvalue weighted by Crippen LogP contribution is -2.38. The van der Waals surface area contributed by atoms with E-state index in [1.165, 1.54) is 4.90 Å². The van der Waals surface area contributed by atoms with Crippen molar-refractivity contribution in [2.45, 2.75) is 19.9 Å². The van der Waals surface area contributed by atoms with Crippen LogP contribution in [0.5, 0.6) is 0 Å². The SMILES string of the molecule is Cc1cc(Cl)nc(CN2C(=O)CCSC2=O)n1. The summed E-state index contributed by atoms with van der Waals surface area (Å²) in [4.78, 5) is 32.4. The summed E-state index contributed by atoms with van der Waals surface area (Å²) in [6, 6.07) is 1.62. The first-order chi connectivity index (χ1) is 8.06. The molecule has 0 atom stereocenters. The van der Waals surface area contributed by atoms with Crippen molar-refractivity contribution in [3.8, 4) is 0 Å². The van der Waals surface area contributed by atoms with Gasteiger partial charge in [0.2, 0.25) is 5.91 Å². The second-order valence-electron chi connectivity index (χ2n) is 3.59. The molecule has 0 bridgehead atoms. The first-order valence-electron chi connectivity index (χ1n) is 5.03. The van der Waals surface area contributed by atoms with Crippen LogP contribution in [0.15, 0.2) is 6.07 Å². The Labute approximate surface area is 108 Å². The Kier molecular flexibility index (Phi) is 3.63. The van der Waals surface area contributed by atoms with E-state index in [1.807, 2.05) is 0 Å². The minimum absolute atomic E-state index is 0.0894. The molecule has 0 radical (unpaired) electrons. The fraction of sp³-hybridized carbons (Fsp3) is 0.400. The molecular weight excluding hydrogens is 262 g/mol. The highest BCUT2D eigenvalue weighted by Gasteiger charge is 2.27. The van der Waals surface area contributed by atoms with E-state index in [0.717, 1.165) is 11.8 Å². The van der Waals surface area contributed by atoms with Crippen LogP contribution in [0.4, 0.5) is 4.79 Å². The molecular formula is C10H10ClN3O2S. The number of thioether (sulfide) groups is 1. The summed E-state index contributed by atoms with van der Waals surface area (Å²) in [7, 11) is 0. The van der Waals surface area contributed by atoms with Crippen molar-refractivity contribution < 1.29 is 9.59 Å². The zero-order valence-electron chi connectivity index (χ0n) is 9.14. The Morgan fingerprint density at radius 3 is 2.88 bits per heavy atom. The van der Waals surface area contributed by atoms with Gasteiger partial charge in [-0.2, -0.15) is 0 Å². The molecule has 1 aliphatic heterocycles. The van der Waals surface area contributed by atoms with Gasteiger partial charge in [0.15, 0.2) is 0 Å². The predicted octanol–water partition coefficient (Wildman–Crippen LogP) is 2.02. The minimum Gasteiger partial charge on any atom is -0.274 e. The molecule has 0 aromatic carbocycles. The number of halogens is 1. The zero-order valence-corrected chi connectivity index (χ0v) is 10.7. The molecule has 0 N–H and O–H groups in total. The van der Waals surface area contributed by atoms with Gasteiger partial charge in [-0.15, -0.1) is 0 Å². The van der Waals surface area contributed by atoms with Crippen molar-refractivity contribution in [3.05, 3.63) is 22.7 Å². The normalized spacial score (nSPS) is 16.5. The molecule has 5 nitrogen and oxygen atoms in total. The van der Waals surface area contributed by atoms with Crippen LogP contribution < -0.4 is 0 Å². The van der Waals surface area contributed by atoms with Gasteiger partial charge in [-0.25, -0.2) is 9.97 Å². The minimum atomic E-state index is -0.248. The summed E-state index contributed by atoms with van der Waals surface area (Å²) in [5, 5.41) is 0.0690. The molecule has 7 heteroatoms. The van der Waals surface area contributed by atoms with Crippen molar-refractivity contribution >= 4 is 34.5 Å². The van der Waals surface area contributed by atoms with E-state index in [1.54, 1.807) is 13.0 Å². The van der Waals surface area contributed by atoms with Gasteiger partial charge in [0, 0.05) is 17.9 Å². The molecule has 0 spiro atoms. The Hall–Kier alpha value is -1.14. The number of amides is 2. The largest absolute Gasteiger partial charge is 0.288 e. The van der Waals surface area contributed by atoms with Crippen LogP contribution in [-0.4, -0.2) is 31.8 Å². The second kappa shape index (κ2) is 5.01. The van der Waals surface area contributed by atoms with Crippen LogP contribution in [0.2, 0.25) is 5.15 Å². The summed E-state index contributed by atoms with van der Waals surface area (Å²) >= 11 is 6.93. The lowest BCUT2D eigenvalue weighted by atomic mass is 10.3. The highest BCUT2D eigenvalue weighted by atomic mass is 35.5. The number of imide groups is 1. The lowest BCUT2D eigenvalue weighted by molar-refractivity contribution is -0.128. The number of rotatable bonds is 2. The van der Waals surface area contributed by atoms with Crippen LogP contribution >= 0.6 is 23.4 Å². The Morgan fingerprint density at radius 2 is 2.24 bits per heavy atom. The number of carbonyl (C=O) groups excluding carboxylic acids is 2. The third-order valence-electron chi connectivity index (χ3n) is 2.23. The maximum atomic E-state index is 11.6. The van der Waals surface area contributed by atoms with Crippen molar-refractivity contribution in [3.63, 3.8) is 0 Å². The molecule has 0 unspecified atom stereocenters. The summed E-state index contributed by atoms with van der Waals surface area (Å²) < 4.78 is 0. The van der Waals surface area contributed by atoms with Crippen LogP contribution in [-0.2, 0) is 11.3 Å². The first kappa shape index (κ1) is 12.3. The fourth-order valence-corrected chi connectivity index (χ4v) is 2.52. The maximum Gasteiger partial charge on any atom is 0.288 e. The van der Waals surface area contributed by atoms with Crippen molar-refractivity contribution in [1.29, 1.82) is 0 Å². The smallest absolute Gasteiger partial charge is 0.274 e. The summed E-state index contributed by atoms with van der Waals surface area (Å²) in [5.74, 6) is 0.748. The summed E-state index contributed by atoms with van der Waals surface area (Å²) in [5.41, 5.74) is 0.713. The number of nitrogens with zero attached hydrogens (tertiary/aromatic N) is 3. The molecule has 1 fully saturated rings. The van der Waals surface area contributed by atoms with E-state index in [4.69, 9.17) is 11.6 Å². The third-order valence-corrected chi connectivity index (χ3v) is 3.30. The molecule has 1 aliphatic rings. The molecule has 1 saturated heterocycles. The molecule has 2 amide bonds. The van der Waals surface area contributed by atoms with Gasteiger partial charge >= 0.3 is 0 Å². The molecule has 90 valence electrons. The molecule has 1 aromatic heterocycles.